The SMILES string of the molecule is CC(C)C[C@H]1CN(C(=O)c2cc(-c3ccc(C4CC4)cc3)on2)[C@@H](CC(C)C)C(=O)N1. The molecule has 2 heterocycles. The normalized spacial score (nSPS) is 21.6. The van der Waals surface area contributed by atoms with Crippen molar-refractivity contribution < 1.29 is 14.1 Å². The first kappa shape index (κ1) is 21.6. The van der Waals surface area contributed by atoms with Gasteiger partial charge in [0.1, 0.15) is 6.04 Å². The van der Waals surface area contributed by atoms with Gasteiger partial charge in [0.25, 0.3) is 5.91 Å². The van der Waals surface area contributed by atoms with Crippen LogP contribution in [0.1, 0.15) is 75.3 Å². The van der Waals surface area contributed by atoms with Crippen molar-refractivity contribution in [2.24, 2.45) is 11.8 Å². The molecule has 2 aliphatic rings. The number of carbonyl (C=O) groups is 2. The summed E-state index contributed by atoms with van der Waals surface area (Å²) in [6.45, 7) is 8.87. The second kappa shape index (κ2) is 8.85. The van der Waals surface area contributed by atoms with Gasteiger partial charge in [-0.15, -0.1) is 0 Å². The van der Waals surface area contributed by atoms with Gasteiger partial charge in [-0.05, 0) is 49.0 Å². The van der Waals surface area contributed by atoms with Gasteiger partial charge < -0.3 is 14.7 Å². The second-order valence-electron chi connectivity index (χ2n) is 9.91. The maximum atomic E-state index is 13.4. The molecule has 2 atom stereocenters. The molecule has 2 amide bonds. The number of benzene rings is 1. The first-order valence-corrected chi connectivity index (χ1v) is 11.5. The number of piperazine rings is 1. The molecular formula is C25H33N3O3. The monoisotopic (exact) mass is 423 g/mol. The molecule has 4 rings (SSSR count). The zero-order valence-corrected chi connectivity index (χ0v) is 18.9. The number of carbonyl (C=O) groups excluding carboxylic acids is 2. The van der Waals surface area contributed by atoms with Crippen LogP contribution in [0.5, 0.6) is 0 Å². The number of hydrogen-bond donors (Lipinski definition) is 1. The summed E-state index contributed by atoms with van der Waals surface area (Å²) in [7, 11) is 0. The van der Waals surface area contributed by atoms with Crippen LogP contribution in [-0.2, 0) is 4.79 Å². The molecule has 0 bridgehead atoms. The number of amides is 2. The Kier molecular flexibility index (Phi) is 6.17. The average molecular weight is 424 g/mol. The third-order valence-electron chi connectivity index (χ3n) is 6.13. The predicted octanol–water partition coefficient (Wildman–Crippen LogP) is 4.62. The Labute approximate surface area is 184 Å². The standard InChI is InChI=1S/C25H33N3O3/c1-15(2)11-20-14-28(22(12-16(3)4)24(29)26-20)25(30)21-13-23(31-27-21)19-9-7-18(8-10-19)17-5-6-17/h7-10,13,15-17,20,22H,5-6,11-12,14H2,1-4H3,(H,26,29)/t20-,22-/m0/s1. The van der Waals surface area contributed by atoms with Crippen molar-refractivity contribution in [3.05, 3.63) is 41.6 Å². The molecule has 1 aliphatic carbocycles. The third kappa shape index (κ3) is 5.00. The van der Waals surface area contributed by atoms with Gasteiger partial charge in [-0.2, -0.15) is 0 Å². The third-order valence-corrected chi connectivity index (χ3v) is 6.13. The summed E-state index contributed by atoms with van der Waals surface area (Å²) in [6.07, 6.45) is 3.98. The van der Waals surface area contributed by atoms with E-state index in [9.17, 15) is 9.59 Å². The van der Waals surface area contributed by atoms with E-state index in [0.717, 1.165) is 12.0 Å². The van der Waals surface area contributed by atoms with Crippen LogP contribution in [0, 0.1) is 11.8 Å². The summed E-state index contributed by atoms with van der Waals surface area (Å²) in [5, 5.41) is 7.18. The van der Waals surface area contributed by atoms with Gasteiger partial charge in [-0.25, -0.2) is 0 Å². The van der Waals surface area contributed by atoms with Crippen LogP contribution in [0.3, 0.4) is 0 Å². The molecule has 0 unspecified atom stereocenters. The summed E-state index contributed by atoms with van der Waals surface area (Å²) >= 11 is 0. The lowest BCUT2D eigenvalue weighted by atomic mass is 9.94. The highest BCUT2D eigenvalue weighted by molar-refractivity contribution is 5.97. The Bertz CT molecular complexity index is 928. The first-order valence-electron chi connectivity index (χ1n) is 11.5. The Morgan fingerprint density at radius 1 is 1.13 bits per heavy atom. The van der Waals surface area contributed by atoms with Crippen molar-refractivity contribution in [1.29, 1.82) is 0 Å². The van der Waals surface area contributed by atoms with E-state index in [4.69, 9.17) is 4.52 Å². The van der Waals surface area contributed by atoms with Crippen LogP contribution in [-0.4, -0.2) is 40.5 Å². The Morgan fingerprint density at radius 3 is 2.42 bits per heavy atom. The summed E-state index contributed by atoms with van der Waals surface area (Å²) < 4.78 is 5.52. The summed E-state index contributed by atoms with van der Waals surface area (Å²) in [5.41, 5.74) is 2.52. The molecule has 166 valence electrons. The number of nitrogens with zero attached hydrogens (tertiary/aromatic N) is 2. The lowest BCUT2D eigenvalue weighted by Crippen LogP contribution is -2.62. The van der Waals surface area contributed by atoms with Crippen LogP contribution in [0.25, 0.3) is 11.3 Å². The average Bonchev–Trinajstić information content (AvgIpc) is 3.45. The van der Waals surface area contributed by atoms with Gasteiger partial charge >= 0.3 is 0 Å². The van der Waals surface area contributed by atoms with Crippen LogP contribution >= 0.6 is 0 Å². The highest BCUT2D eigenvalue weighted by Crippen LogP contribution is 2.40. The Hall–Kier alpha value is -2.63. The van der Waals surface area contributed by atoms with E-state index in [1.165, 1.54) is 18.4 Å². The van der Waals surface area contributed by atoms with Crippen molar-refractivity contribution in [3.8, 4) is 11.3 Å². The summed E-state index contributed by atoms with van der Waals surface area (Å²) in [5.74, 6) is 1.69. The topological polar surface area (TPSA) is 75.4 Å². The smallest absolute Gasteiger partial charge is 0.276 e. The quantitative estimate of drug-likeness (QED) is 0.705. The van der Waals surface area contributed by atoms with Crippen LogP contribution in [0.2, 0.25) is 0 Å². The highest BCUT2D eigenvalue weighted by atomic mass is 16.5. The summed E-state index contributed by atoms with van der Waals surface area (Å²) in [4.78, 5) is 27.9. The van der Waals surface area contributed by atoms with E-state index in [2.05, 4.69) is 50.3 Å². The molecule has 1 aliphatic heterocycles. The molecule has 0 radical (unpaired) electrons. The van der Waals surface area contributed by atoms with Gasteiger partial charge in [0.15, 0.2) is 11.5 Å². The largest absolute Gasteiger partial charge is 0.355 e. The van der Waals surface area contributed by atoms with E-state index >= 15 is 0 Å². The molecule has 31 heavy (non-hydrogen) atoms. The zero-order valence-electron chi connectivity index (χ0n) is 18.9. The molecule has 1 aromatic carbocycles. The van der Waals surface area contributed by atoms with E-state index < -0.39 is 6.04 Å². The van der Waals surface area contributed by atoms with Gasteiger partial charge in [-0.1, -0.05) is 57.1 Å². The second-order valence-corrected chi connectivity index (χ2v) is 9.91. The minimum Gasteiger partial charge on any atom is -0.355 e. The highest BCUT2D eigenvalue weighted by Gasteiger charge is 2.39. The summed E-state index contributed by atoms with van der Waals surface area (Å²) in [6, 6.07) is 9.48. The molecule has 2 fully saturated rings. The van der Waals surface area contributed by atoms with Gasteiger partial charge in [0, 0.05) is 24.2 Å². The molecule has 0 spiro atoms. The molecule has 1 aromatic heterocycles. The van der Waals surface area contributed by atoms with Gasteiger partial charge in [-0.3, -0.25) is 9.59 Å². The van der Waals surface area contributed by atoms with Gasteiger partial charge in [0.05, 0.1) is 0 Å². The Morgan fingerprint density at radius 2 is 1.81 bits per heavy atom. The molecular weight excluding hydrogens is 390 g/mol. The van der Waals surface area contributed by atoms with Crippen molar-refractivity contribution >= 4 is 11.8 Å². The fourth-order valence-electron chi connectivity index (χ4n) is 4.45. The maximum Gasteiger partial charge on any atom is 0.276 e. The van der Waals surface area contributed by atoms with Crippen LogP contribution in [0.15, 0.2) is 34.9 Å². The van der Waals surface area contributed by atoms with Crippen molar-refractivity contribution in [3.63, 3.8) is 0 Å². The minimum atomic E-state index is -0.478. The fourth-order valence-corrected chi connectivity index (χ4v) is 4.45. The van der Waals surface area contributed by atoms with E-state index in [-0.39, 0.29) is 23.6 Å². The molecule has 6 nitrogen and oxygen atoms in total. The number of hydrogen-bond acceptors (Lipinski definition) is 4. The number of nitrogens with one attached hydrogen (secondary N) is 1. The number of rotatable bonds is 7. The molecule has 1 saturated heterocycles. The zero-order chi connectivity index (χ0) is 22.1. The van der Waals surface area contributed by atoms with Gasteiger partial charge in [0.2, 0.25) is 5.91 Å². The van der Waals surface area contributed by atoms with Crippen LogP contribution < -0.4 is 5.32 Å². The fraction of sp³-hybridized carbons (Fsp3) is 0.560. The van der Waals surface area contributed by atoms with E-state index in [1.54, 1.807) is 11.0 Å². The number of aromatic nitrogens is 1. The Balaban J connectivity index is 1.54. The molecule has 1 saturated carbocycles. The van der Waals surface area contributed by atoms with Crippen molar-refractivity contribution in [2.75, 3.05) is 6.54 Å². The van der Waals surface area contributed by atoms with Crippen molar-refractivity contribution in [1.82, 2.24) is 15.4 Å². The van der Waals surface area contributed by atoms with E-state index in [0.29, 0.717) is 36.5 Å². The first-order chi connectivity index (χ1) is 14.8. The van der Waals surface area contributed by atoms with E-state index in [1.807, 2.05) is 12.1 Å². The molecule has 6 heteroatoms. The van der Waals surface area contributed by atoms with Crippen molar-refractivity contribution in [2.45, 2.75) is 71.4 Å². The minimum absolute atomic E-state index is 0.0406. The van der Waals surface area contributed by atoms with Crippen LogP contribution in [0.4, 0.5) is 0 Å². The molecule has 2 aromatic rings. The maximum absolute atomic E-state index is 13.4. The lowest BCUT2D eigenvalue weighted by Gasteiger charge is -2.40. The predicted molar refractivity (Wildman–Crippen MR) is 120 cm³/mol. The lowest BCUT2D eigenvalue weighted by molar-refractivity contribution is -0.130. The molecule has 1 N–H and O–H groups in total.